The first kappa shape index (κ1) is 18.6. The van der Waals surface area contributed by atoms with E-state index in [1.807, 2.05) is 31.2 Å². The molecule has 2 saturated heterocycles. The number of benzene rings is 1. The van der Waals surface area contributed by atoms with Crippen LogP contribution in [0.1, 0.15) is 6.92 Å². The summed E-state index contributed by atoms with van der Waals surface area (Å²) in [7, 11) is 1.34. The van der Waals surface area contributed by atoms with E-state index in [0.717, 1.165) is 11.1 Å². The minimum atomic E-state index is -0.836. The van der Waals surface area contributed by atoms with Crippen molar-refractivity contribution in [2.75, 3.05) is 12.9 Å². The van der Waals surface area contributed by atoms with E-state index in [2.05, 4.69) is 36.8 Å². The Morgan fingerprint density at radius 3 is 2.88 bits per heavy atom. The number of alkyl halides is 2. The lowest BCUT2D eigenvalue weighted by molar-refractivity contribution is -0.159. The quantitative estimate of drug-likeness (QED) is 0.263. The zero-order valence-electron chi connectivity index (χ0n) is 13.8. The average molecular weight is 522 g/mol. The number of methoxy groups -OCH3 is 1. The number of hydrogen-bond donors (Lipinski definition) is 0. The highest BCUT2D eigenvalue weighted by molar-refractivity contribution is 9.26. The lowest BCUT2D eigenvalue weighted by Crippen LogP contribution is -2.68. The van der Waals surface area contributed by atoms with Gasteiger partial charge in [-0.1, -0.05) is 55.8 Å². The first-order valence-electron chi connectivity index (χ1n) is 7.72. The van der Waals surface area contributed by atoms with Crippen molar-refractivity contribution < 1.29 is 18.7 Å². The van der Waals surface area contributed by atoms with Gasteiger partial charge in [0.25, 0.3) is 11.1 Å². The third kappa shape index (κ3) is 2.71. The molecule has 10 heteroatoms. The maximum atomic E-state index is 12.4. The number of hydrogen-bond acceptors (Lipinski definition) is 7. The molecule has 26 heavy (non-hydrogen) atoms. The van der Waals surface area contributed by atoms with Gasteiger partial charge in [-0.2, -0.15) is 0 Å². The fourth-order valence-electron chi connectivity index (χ4n) is 3.20. The van der Waals surface area contributed by atoms with E-state index in [0.29, 0.717) is 11.0 Å². The van der Waals surface area contributed by atoms with Gasteiger partial charge in [0.2, 0.25) is 0 Å². The van der Waals surface area contributed by atoms with Gasteiger partial charge in [0.1, 0.15) is 16.9 Å². The van der Waals surface area contributed by atoms with Crippen molar-refractivity contribution in [2.24, 2.45) is 0 Å². The molecule has 2 aromatic rings. The standard InChI is InChI=1S/C16H14Br2N2O4S2/c1-15(7-25-14-19-8-5-3-4-6-9(8)24-14)10(11(21)23-2)20-12(22)16(17,18)13(20)26-15/h3-6,10,13H,7H2,1-2H3/t10-,13+,15-/m0/s1. The molecule has 2 aliphatic heterocycles. The summed E-state index contributed by atoms with van der Waals surface area (Å²) in [5, 5.41) is 0.356. The summed E-state index contributed by atoms with van der Waals surface area (Å²) in [6, 6.07) is 6.90. The number of fused-ring (bicyclic) bond motifs is 2. The first-order chi connectivity index (χ1) is 12.3. The lowest BCUT2D eigenvalue weighted by atomic mass is 9.98. The molecule has 6 nitrogen and oxygen atoms in total. The van der Waals surface area contributed by atoms with E-state index in [1.54, 1.807) is 16.7 Å². The van der Waals surface area contributed by atoms with Crippen LogP contribution in [-0.4, -0.2) is 54.0 Å². The monoisotopic (exact) mass is 520 g/mol. The SMILES string of the molecule is COC(=O)[C@@H]1N2C(=O)C(Br)(Br)[C@H]2S[C@@]1(C)CSc1nc2ccccc2o1. The van der Waals surface area contributed by atoms with Gasteiger partial charge in [-0.3, -0.25) is 4.79 Å². The molecule has 4 rings (SSSR count). The van der Waals surface area contributed by atoms with Gasteiger partial charge in [-0.15, -0.1) is 11.8 Å². The predicted octanol–water partition coefficient (Wildman–Crippen LogP) is 3.62. The van der Waals surface area contributed by atoms with Crippen molar-refractivity contribution in [2.45, 2.75) is 31.5 Å². The predicted molar refractivity (Wildman–Crippen MR) is 108 cm³/mol. The van der Waals surface area contributed by atoms with Gasteiger partial charge in [0, 0.05) is 5.75 Å². The van der Waals surface area contributed by atoms with E-state index in [4.69, 9.17) is 9.15 Å². The third-order valence-corrected chi connectivity index (χ3v) is 9.71. The maximum absolute atomic E-state index is 12.4. The molecule has 1 aromatic heterocycles. The molecule has 0 unspecified atom stereocenters. The van der Waals surface area contributed by atoms with Crippen LogP contribution in [0.2, 0.25) is 0 Å². The number of thioether (sulfide) groups is 2. The number of aromatic nitrogens is 1. The molecule has 0 saturated carbocycles. The molecule has 3 heterocycles. The van der Waals surface area contributed by atoms with Gasteiger partial charge in [-0.25, -0.2) is 9.78 Å². The number of halogens is 2. The van der Waals surface area contributed by atoms with Crippen molar-refractivity contribution >= 4 is 78.4 Å². The number of oxazole rings is 1. The number of para-hydroxylation sites is 2. The summed E-state index contributed by atoms with van der Waals surface area (Å²) < 4.78 is 9.35. The Bertz CT molecular complexity index is 872. The van der Waals surface area contributed by atoms with Gasteiger partial charge in [0.15, 0.2) is 8.82 Å². The smallest absolute Gasteiger partial charge is 0.330 e. The minimum absolute atomic E-state index is 0.166. The number of ether oxygens (including phenoxy) is 1. The number of amides is 1. The Morgan fingerprint density at radius 2 is 2.19 bits per heavy atom. The van der Waals surface area contributed by atoms with Crippen LogP contribution in [-0.2, 0) is 14.3 Å². The average Bonchev–Trinajstić information content (AvgIpc) is 3.17. The number of β-lactam (4-membered cyclic amide) rings is 1. The van der Waals surface area contributed by atoms with Crippen molar-refractivity contribution in [1.29, 1.82) is 0 Å². The molecule has 0 spiro atoms. The van der Waals surface area contributed by atoms with E-state index in [1.165, 1.54) is 18.9 Å². The molecule has 2 aliphatic rings. The zero-order valence-corrected chi connectivity index (χ0v) is 18.6. The van der Waals surface area contributed by atoms with E-state index in [-0.39, 0.29) is 11.3 Å². The van der Waals surface area contributed by atoms with Crippen LogP contribution in [0.5, 0.6) is 0 Å². The Morgan fingerprint density at radius 1 is 1.46 bits per heavy atom. The van der Waals surface area contributed by atoms with Crippen molar-refractivity contribution in [1.82, 2.24) is 9.88 Å². The molecule has 0 radical (unpaired) electrons. The van der Waals surface area contributed by atoms with Crippen molar-refractivity contribution in [3.05, 3.63) is 24.3 Å². The molecule has 3 atom stereocenters. The molecule has 2 fully saturated rings. The van der Waals surface area contributed by atoms with Crippen LogP contribution in [0.15, 0.2) is 33.9 Å². The Balaban J connectivity index is 1.58. The number of carbonyl (C=O) groups is 2. The first-order valence-corrected chi connectivity index (χ1v) is 11.2. The highest BCUT2D eigenvalue weighted by Gasteiger charge is 2.71. The van der Waals surface area contributed by atoms with Gasteiger partial charge < -0.3 is 14.1 Å². The Hall–Kier alpha value is -0.710. The second-order valence-electron chi connectivity index (χ2n) is 6.28. The summed E-state index contributed by atoms with van der Waals surface area (Å²) in [5.41, 5.74) is 1.52. The second kappa shape index (κ2) is 6.42. The molecule has 0 aliphatic carbocycles. The summed E-state index contributed by atoms with van der Waals surface area (Å²) in [6.45, 7) is 1.97. The fraction of sp³-hybridized carbons (Fsp3) is 0.438. The number of esters is 1. The van der Waals surface area contributed by atoms with Crippen molar-refractivity contribution in [3.63, 3.8) is 0 Å². The number of carbonyl (C=O) groups excluding carboxylic acids is 2. The zero-order chi connectivity index (χ0) is 18.7. The van der Waals surface area contributed by atoms with Crippen LogP contribution in [0.3, 0.4) is 0 Å². The van der Waals surface area contributed by atoms with Crippen LogP contribution in [0, 0.1) is 0 Å². The molecular weight excluding hydrogens is 508 g/mol. The molecule has 0 bridgehead atoms. The molecular formula is C16H14Br2N2O4S2. The summed E-state index contributed by atoms with van der Waals surface area (Å²) >= 11 is 9.85. The van der Waals surface area contributed by atoms with Crippen LogP contribution in [0.25, 0.3) is 11.1 Å². The Kier molecular flexibility index (Phi) is 4.61. The fourth-order valence-corrected chi connectivity index (χ4v) is 7.36. The summed E-state index contributed by atoms with van der Waals surface area (Å²) in [4.78, 5) is 30.9. The maximum Gasteiger partial charge on any atom is 0.330 e. The molecule has 0 N–H and O–H groups in total. The van der Waals surface area contributed by atoms with E-state index < -0.39 is 20.0 Å². The van der Waals surface area contributed by atoms with Gasteiger partial charge >= 0.3 is 5.97 Å². The third-order valence-electron chi connectivity index (χ3n) is 4.50. The van der Waals surface area contributed by atoms with Crippen molar-refractivity contribution in [3.8, 4) is 0 Å². The Labute approximate surface area is 175 Å². The van der Waals surface area contributed by atoms with Crippen LogP contribution >= 0.6 is 55.4 Å². The van der Waals surface area contributed by atoms with E-state index in [9.17, 15) is 9.59 Å². The molecule has 1 amide bonds. The normalized spacial score (nSPS) is 29.5. The minimum Gasteiger partial charge on any atom is -0.467 e. The van der Waals surface area contributed by atoms with Crippen LogP contribution in [0.4, 0.5) is 0 Å². The topological polar surface area (TPSA) is 72.6 Å². The molecule has 1 aromatic carbocycles. The summed E-state index contributed by atoms with van der Waals surface area (Å²) in [5.74, 6) is -0.0360. The largest absolute Gasteiger partial charge is 0.467 e. The number of nitrogens with zero attached hydrogens (tertiary/aromatic N) is 2. The number of rotatable bonds is 4. The van der Waals surface area contributed by atoms with Gasteiger partial charge in [-0.05, 0) is 19.1 Å². The van der Waals surface area contributed by atoms with E-state index >= 15 is 0 Å². The summed E-state index contributed by atoms with van der Waals surface area (Å²) in [6.07, 6.45) is 0. The van der Waals surface area contributed by atoms with Crippen LogP contribution < -0.4 is 0 Å². The second-order valence-corrected chi connectivity index (χ2v) is 12.4. The molecule has 138 valence electrons. The lowest BCUT2D eigenvalue weighted by Gasteiger charge is -2.46. The van der Waals surface area contributed by atoms with Gasteiger partial charge in [0.05, 0.1) is 11.9 Å². The highest BCUT2D eigenvalue weighted by Crippen LogP contribution is 2.61. The highest BCUT2D eigenvalue weighted by atomic mass is 79.9.